The minimum atomic E-state index is -3.08. The molecule has 0 spiro atoms. The summed E-state index contributed by atoms with van der Waals surface area (Å²) in [6.45, 7) is -1.21. The Morgan fingerprint density at radius 1 is 1.32 bits per heavy atom. The Bertz CT molecular complexity index is 1100. The second-order valence-electron chi connectivity index (χ2n) is 6.43. The van der Waals surface area contributed by atoms with E-state index in [4.69, 9.17) is 11.6 Å². The number of amides is 1. The van der Waals surface area contributed by atoms with E-state index in [1.165, 1.54) is 35.2 Å². The number of aromatic nitrogens is 2. The molecule has 1 aliphatic heterocycles. The molecule has 1 aliphatic rings. The molecule has 28 heavy (non-hydrogen) atoms. The Kier molecular flexibility index (Phi) is 4.45. The average Bonchev–Trinajstić information content (AvgIpc) is 2.95. The quantitative estimate of drug-likeness (QED) is 0.614. The van der Waals surface area contributed by atoms with Crippen LogP contribution in [0.1, 0.15) is 35.6 Å². The predicted molar refractivity (Wildman–Crippen MR) is 97.8 cm³/mol. The summed E-state index contributed by atoms with van der Waals surface area (Å²) in [5.74, 6) is -0.753. The molecule has 5 nitrogen and oxygen atoms in total. The lowest BCUT2D eigenvalue weighted by Gasteiger charge is -2.24. The number of para-hydroxylation sites is 1. The van der Waals surface area contributed by atoms with Crippen molar-refractivity contribution in [1.29, 1.82) is 0 Å². The summed E-state index contributed by atoms with van der Waals surface area (Å²) < 4.78 is 46.3. The van der Waals surface area contributed by atoms with Gasteiger partial charge in [-0.2, -0.15) is 8.78 Å². The van der Waals surface area contributed by atoms with Crippen molar-refractivity contribution < 1.29 is 22.7 Å². The summed E-state index contributed by atoms with van der Waals surface area (Å²) in [4.78, 5) is 19.0. The number of carbonyl (C=O) groups excluding carboxylic acids is 1. The number of hydrogen-bond donors (Lipinski definition) is 0. The van der Waals surface area contributed by atoms with Crippen LogP contribution in [0.2, 0.25) is 5.02 Å². The molecule has 0 N–H and O–H groups in total. The van der Waals surface area contributed by atoms with Crippen LogP contribution in [0.15, 0.2) is 30.3 Å². The van der Waals surface area contributed by atoms with E-state index in [0.717, 1.165) is 0 Å². The van der Waals surface area contributed by atoms with Crippen molar-refractivity contribution in [3.8, 4) is 11.4 Å². The second-order valence-corrected chi connectivity index (χ2v) is 6.84. The summed E-state index contributed by atoms with van der Waals surface area (Å²) >= 11 is 5.96. The number of rotatable bonds is 3. The minimum absolute atomic E-state index is 0.135. The van der Waals surface area contributed by atoms with Crippen LogP contribution >= 0.6 is 11.6 Å². The lowest BCUT2D eigenvalue weighted by Crippen LogP contribution is -2.30. The Hall–Kier alpha value is -2.74. The van der Waals surface area contributed by atoms with E-state index < -0.39 is 18.5 Å². The molecule has 0 saturated heterocycles. The largest absolute Gasteiger partial charge is 0.433 e. The zero-order chi connectivity index (χ0) is 20.2. The van der Waals surface area contributed by atoms with E-state index in [1.54, 1.807) is 11.6 Å². The van der Waals surface area contributed by atoms with Crippen LogP contribution in [0.5, 0.6) is 5.75 Å². The van der Waals surface area contributed by atoms with Crippen molar-refractivity contribution in [3.63, 3.8) is 0 Å². The molecule has 1 amide bonds. The van der Waals surface area contributed by atoms with E-state index in [2.05, 4.69) is 9.72 Å². The van der Waals surface area contributed by atoms with Crippen molar-refractivity contribution >= 4 is 28.5 Å². The molecule has 0 aliphatic carbocycles. The second kappa shape index (κ2) is 6.70. The lowest BCUT2D eigenvalue weighted by atomic mass is 10.1. The van der Waals surface area contributed by atoms with E-state index in [1.807, 2.05) is 6.92 Å². The third-order valence-electron chi connectivity index (χ3n) is 4.86. The Labute approximate surface area is 163 Å². The molecular formula is C19H15ClF3N3O2. The fourth-order valence-electron chi connectivity index (χ4n) is 3.63. The Morgan fingerprint density at radius 3 is 2.75 bits per heavy atom. The summed E-state index contributed by atoms with van der Waals surface area (Å²) in [5, 5.41) is -0.138. The third kappa shape index (κ3) is 2.71. The first-order chi connectivity index (χ1) is 13.3. The first-order valence-electron chi connectivity index (χ1n) is 8.56. The van der Waals surface area contributed by atoms with E-state index in [-0.39, 0.29) is 27.9 Å². The molecule has 1 aromatic heterocycles. The van der Waals surface area contributed by atoms with Gasteiger partial charge in [-0.25, -0.2) is 9.37 Å². The molecule has 3 aromatic rings. The van der Waals surface area contributed by atoms with Gasteiger partial charge in [0.2, 0.25) is 0 Å². The molecule has 2 aromatic carbocycles. The van der Waals surface area contributed by atoms with Crippen LogP contribution < -0.4 is 4.74 Å². The summed E-state index contributed by atoms with van der Waals surface area (Å²) in [6.07, 6.45) is 0.515. The summed E-state index contributed by atoms with van der Waals surface area (Å²) in [6, 6.07) is 6.46. The number of hydrogen-bond acceptors (Lipinski definition) is 3. The van der Waals surface area contributed by atoms with Gasteiger partial charge in [0, 0.05) is 13.1 Å². The van der Waals surface area contributed by atoms with E-state index in [9.17, 15) is 18.0 Å². The number of fused-ring (bicyclic) bond motifs is 5. The molecule has 0 fully saturated rings. The molecule has 4 rings (SSSR count). The monoisotopic (exact) mass is 409 g/mol. The van der Waals surface area contributed by atoms with Crippen molar-refractivity contribution in [2.24, 2.45) is 0 Å². The number of carbonyl (C=O) groups is 1. The van der Waals surface area contributed by atoms with Crippen LogP contribution in [0.25, 0.3) is 16.7 Å². The predicted octanol–water partition coefficient (Wildman–Crippen LogP) is 4.96. The third-order valence-corrected chi connectivity index (χ3v) is 5.15. The number of nitrogens with zero attached hydrogens (tertiary/aromatic N) is 3. The van der Waals surface area contributed by atoms with Crippen LogP contribution in [0.3, 0.4) is 0 Å². The van der Waals surface area contributed by atoms with Gasteiger partial charge in [0.05, 0.1) is 27.7 Å². The number of benzene rings is 2. The average molecular weight is 410 g/mol. The minimum Gasteiger partial charge on any atom is -0.433 e. The first kappa shape index (κ1) is 18.6. The number of ether oxygens (including phenoxy) is 1. The van der Waals surface area contributed by atoms with Gasteiger partial charge in [-0.05, 0) is 24.6 Å². The smallest absolute Gasteiger partial charge is 0.387 e. The van der Waals surface area contributed by atoms with Crippen LogP contribution in [-0.2, 0) is 0 Å². The van der Waals surface area contributed by atoms with Crippen molar-refractivity contribution in [2.45, 2.75) is 26.0 Å². The number of alkyl halides is 2. The van der Waals surface area contributed by atoms with E-state index in [0.29, 0.717) is 23.3 Å². The topological polar surface area (TPSA) is 47.4 Å². The molecule has 9 heteroatoms. The molecular weight excluding hydrogens is 395 g/mol. The lowest BCUT2D eigenvalue weighted by molar-refractivity contribution is -0.0498. The zero-order valence-electron chi connectivity index (χ0n) is 14.9. The maximum atomic E-state index is 14.0. The zero-order valence-corrected chi connectivity index (χ0v) is 15.7. The SMILES string of the molecule is CC[C@@H]1c2nc3cc(F)c(Cl)cc3n2-c2c(OC(F)F)cccc2C(=O)N1C. The number of halogens is 4. The summed E-state index contributed by atoms with van der Waals surface area (Å²) in [5.41, 5.74) is 1.01. The Balaban J connectivity index is 2.15. The maximum absolute atomic E-state index is 14.0. The first-order valence-corrected chi connectivity index (χ1v) is 8.94. The highest BCUT2D eigenvalue weighted by Crippen LogP contribution is 2.40. The van der Waals surface area contributed by atoms with Crippen LogP contribution in [0.4, 0.5) is 13.2 Å². The molecule has 0 unspecified atom stereocenters. The standard InChI is InChI=1S/C19H15ClF3N3O2/c1-3-13-17-24-12-8-11(21)10(20)7-14(12)26(17)16-9(18(27)25(13)2)5-4-6-15(16)28-19(22)23/h4-8,13,19H,3H2,1-2H3/t13-/m1/s1. The number of imidazole rings is 1. The van der Waals surface area contributed by atoms with Gasteiger partial charge in [0.1, 0.15) is 17.3 Å². The molecule has 0 bridgehead atoms. The van der Waals surface area contributed by atoms with Gasteiger partial charge in [-0.15, -0.1) is 0 Å². The van der Waals surface area contributed by atoms with Gasteiger partial charge in [0.25, 0.3) is 5.91 Å². The Morgan fingerprint density at radius 2 is 2.07 bits per heavy atom. The van der Waals surface area contributed by atoms with Crippen LogP contribution in [-0.4, -0.2) is 34.0 Å². The summed E-state index contributed by atoms with van der Waals surface area (Å²) in [7, 11) is 1.61. The van der Waals surface area contributed by atoms with Crippen molar-refractivity contribution in [1.82, 2.24) is 14.5 Å². The van der Waals surface area contributed by atoms with Gasteiger partial charge in [-0.3, -0.25) is 9.36 Å². The van der Waals surface area contributed by atoms with Crippen molar-refractivity contribution in [2.75, 3.05) is 7.05 Å². The highest BCUT2D eigenvalue weighted by atomic mass is 35.5. The molecule has 1 atom stereocenters. The highest BCUT2D eigenvalue weighted by Gasteiger charge is 2.35. The van der Waals surface area contributed by atoms with Gasteiger partial charge in [0.15, 0.2) is 5.75 Å². The molecule has 0 radical (unpaired) electrons. The molecule has 2 heterocycles. The fraction of sp³-hybridized carbons (Fsp3) is 0.263. The normalized spacial score (nSPS) is 16.3. The van der Waals surface area contributed by atoms with Gasteiger partial charge < -0.3 is 9.64 Å². The van der Waals surface area contributed by atoms with Gasteiger partial charge >= 0.3 is 6.61 Å². The molecule has 146 valence electrons. The highest BCUT2D eigenvalue weighted by molar-refractivity contribution is 6.31. The van der Waals surface area contributed by atoms with Crippen LogP contribution in [0, 0.1) is 5.82 Å². The van der Waals surface area contributed by atoms with E-state index >= 15 is 0 Å². The molecule has 0 saturated carbocycles. The van der Waals surface area contributed by atoms with Crippen molar-refractivity contribution in [3.05, 3.63) is 52.6 Å². The fourth-order valence-corrected chi connectivity index (χ4v) is 3.79. The maximum Gasteiger partial charge on any atom is 0.387 e. The van der Waals surface area contributed by atoms with Gasteiger partial charge in [-0.1, -0.05) is 24.6 Å².